The molecule has 1 atom stereocenters. The third-order valence-corrected chi connectivity index (χ3v) is 5.10. The van der Waals surface area contributed by atoms with Crippen molar-refractivity contribution in [2.24, 2.45) is 5.92 Å². The lowest BCUT2D eigenvalue weighted by Crippen LogP contribution is -2.54. The molecule has 4 rings (SSSR count). The summed E-state index contributed by atoms with van der Waals surface area (Å²) in [5.74, 6) is 2.77. The Morgan fingerprint density at radius 1 is 1.19 bits per heavy atom. The quantitative estimate of drug-likeness (QED) is 0.846. The second kappa shape index (κ2) is 6.94. The number of carbonyl (C=O) groups is 1. The van der Waals surface area contributed by atoms with E-state index in [1.165, 1.54) is 6.33 Å². The molecule has 2 heterocycles. The van der Waals surface area contributed by atoms with Crippen molar-refractivity contribution in [3.8, 4) is 11.6 Å². The third kappa shape index (κ3) is 3.49. The summed E-state index contributed by atoms with van der Waals surface area (Å²) in [7, 11) is 0. The second-order valence-corrected chi connectivity index (χ2v) is 7.18. The Kier molecular flexibility index (Phi) is 4.49. The summed E-state index contributed by atoms with van der Waals surface area (Å²) in [6.07, 6.45) is 3.64. The van der Waals surface area contributed by atoms with Gasteiger partial charge in [-0.2, -0.15) is 0 Å². The number of anilines is 1. The van der Waals surface area contributed by atoms with Gasteiger partial charge >= 0.3 is 0 Å². The minimum atomic E-state index is 0.188. The molecular formula is C20H24N4O2. The van der Waals surface area contributed by atoms with Gasteiger partial charge in [0.15, 0.2) is 0 Å². The zero-order valence-electron chi connectivity index (χ0n) is 15.3. The monoisotopic (exact) mass is 352 g/mol. The highest BCUT2D eigenvalue weighted by Crippen LogP contribution is 2.33. The van der Waals surface area contributed by atoms with Crippen LogP contribution in [0.3, 0.4) is 0 Å². The lowest BCUT2D eigenvalue weighted by Gasteiger charge is -2.40. The standard InChI is InChI=1S/C20H24N4O2/c1-14-5-3-4-6-17(14)26-19-11-18(21-13-22-19)23-9-10-24(15(2)12-23)20(25)16-7-8-16/h3-6,11,13,15-16H,7-10,12H2,1-2H3. The summed E-state index contributed by atoms with van der Waals surface area (Å²) in [5, 5.41) is 0. The lowest BCUT2D eigenvalue weighted by atomic mass is 10.1. The van der Waals surface area contributed by atoms with Gasteiger partial charge in [-0.1, -0.05) is 18.2 Å². The fraction of sp³-hybridized carbons (Fsp3) is 0.450. The van der Waals surface area contributed by atoms with Gasteiger partial charge in [0.2, 0.25) is 11.8 Å². The van der Waals surface area contributed by atoms with Crippen molar-refractivity contribution in [1.29, 1.82) is 0 Å². The molecule has 1 amide bonds. The molecule has 0 radical (unpaired) electrons. The molecule has 6 nitrogen and oxygen atoms in total. The number of piperazine rings is 1. The van der Waals surface area contributed by atoms with Gasteiger partial charge < -0.3 is 14.5 Å². The molecule has 0 N–H and O–H groups in total. The van der Waals surface area contributed by atoms with Gasteiger partial charge in [-0.3, -0.25) is 4.79 Å². The first-order valence-corrected chi connectivity index (χ1v) is 9.23. The first-order chi connectivity index (χ1) is 12.6. The van der Waals surface area contributed by atoms with E-state index in [-0.39, 0.29) is 12.0 Å². The number of hydrogen-bond acceptors (Lipinski definition) is 5. The van der Waals surface area contributed by atoms with Gasteiger partial charge in [0.25, 0.3) is 0 Å². The van der Waals surface area contributed by atoms with E-state index >= 15 is 0 Å². The van der Waals surface area contributed by atoms with Crippen LogP contribution in [-0.4, -0.2) is 46.5 Å². The van der Waals surface area contributed by atoms with Crippen LogP contribution < -0.4 is 9.64 Å². The highest BCUT2D eigenvalue weighted by molar-refractivity contribution is 5.81. The van der Waals surface area contributed by atoms with Gasteiger partial charge in [-0.05, 0) is 38.3 Å². The Morgan fingerprint density at radius 3 is 2.73 bits per heavy atom. The van der Waals surface area contributed by atoms with Gasteiger partial charge in [0.05, 0.1) is 0 Å². The maximum Gasteiger partial charge on any atom is 0.226 e. The minimum Gasteiger partial charge on any atom is -0.439 e. The number of ether oxygens (including phenoxy) is 1. The molecule has 26 heavy (non-hydrogen) atoms. The largest absolute Gasteiger partial charge is 0.439 e. The first-order valence-electron chi connectivity index (χ1n) is 9.23. The third-order valence-electron chi connectivity index (χ3n) is 5.10. The first kappa shape index (κ1) is 16.8. The van der Waals surface area contributed by atoms with Crippen LogP contribution in [0.25, 0.3) is 0 Å². The number of aryl methyl sites for hydroxylation is 1. The van der Waals surface area contributed by atoms with Crippen LogP contribution in [0.5, 0.6) is 11.6 Å². The van der Waals surface area contributed by atoms with Crippen molar-refractivity contribution in [3.05, 3.63) is 42.2 Å². The zero-order valence-corrected chi connectivity index (χ0v) is 15.3. The maximum absolute atomic E-state index is 12.4. The van der Waals surface area contributed by atoms with Crippen molar-refractivity contribution < 1.29 is 9.53 Å². The molecule has 2 fully saturated rings. The Bertz CT molecular complexity index is 806. The second-order valence-electron chi connectivity index (χ2n) is 7.18. The number of benzene rings is 1. The highest BCUT2D eigenvalue weighted by Gasteiger charge is 2.37. The minimum absolute atomic E-state index is 0.188. The number of para-hydroxylation sites is 1. The molecule has 1 unspecified atom stereocenters. The highest BCUT2D eigenvalue weighted by atomic mass is 16.5. The fourth-order valence-corrected chi connectivity index (χ4v) is 3.40. The number of rotatable bonds is 4. The SMILES string of the molecule is Cc1ccccc1Oc1cc(N2CCN(C(=O)C3CC3)C(C)C2)ncn1. The van der Waals surface area contributed by atoms with E-state index < -0.39 is 0 Å². The van der Waals surface area contributed by atoms with Crippen molar-refractivity contribution in [3.63, 3.8) is 0 Å². The van der Waals surface area contributed by atoms with Crippen LogP contribution in [0.4, 0.5) is 5.82 Å². The number of nitrogens with zero attached hydrogens (tertiary/aromatic N) is 4. The van der Waals surface area contributed by atoms with Gasteiger partial charge in [0.1, 0.15) is 17.9 Å². The van der Waals surface area contributed by atoms with Crippen LogP contribution in [0.15, 0.2) is 36.7 Å². The molecule has 136 valence electrons. The average Bonchev–Trinajstić information content (AvgIpc) is 3.48. The summed E-state index contributed by atoms with van der Waals surface area (Å²) >= 11 is 0. The zero-order chi connectivity index (χ0) is 18.1. The normalized spacial score (nSPS) is 20.2. The van der Waals surface area contributed by atoms with E-state index in [4.69, 9.17) is 4.74 Å². The van der Waals surface area contributed by atoms with Gasteiger partial charge in [-0.25, -0.2) is 9.97 Å². The van der Waals surface area contributed by atoms with Crippen molar-refractivity contribution in [2.75, 3.05) is 24.5 Å². The van der Waals surface area contributed by atoms with Gasteiger partial charge in [-0.15, -0.1) is 0 Å². The Labute approximate surface area is 153 Å². The van der Waals surface area contributed by atoms with Crippen LogP contribution >= 0.6 is 0 Å². The Balaban J connectivity index is 1.45. The molecule has 6 heteroatoms. The predicted molar refractivity (Wildman–Crippen MR) is 99.4 cm³/mol. The summed E-state index contributed by atoms with van der Waals surface area (Å²) < 4.78 is 5.92. The van der Waals surface area contributed by atoms with Crippen molar-refractivity contribution in [2.45, 2.75) is 32.7 Å². The van der Waals surface area contributed by atoms with E-state index in [0.717, 1.165) is 49.6 Å². The van der Waals surface area contributed by atoms with E-state index in [1.54, 1.807) is 0 Å². The van der Waals surface area contributed by atoms with Gasteiger partial charge in [0, 0.05) is 37.7 Å². The molecule has 2 aliphatic rings. The van der Waals surface area contributed by atoms with Crippen LogP contribution in [0, 0.1) is 12.8 Å². The smallest absolute Gasteiger partial charge is 0.226 e. The van der Waals surface area contributed by atoms with E-state index in [0.29, 0.717) is 11.8 Å². The van der Waals surface area contributed by atoms with Crippen molar-refractivity contribution >= 4 is 11.7 Å². The lowest BCUT2D eigenvalue weighted by molar-refractivity contribution is -0.134. The molecule has 1 saturated heterocycles. The number of aromatic nitrogens is 2. The molecule has 1 aliphatic heterocycles. The molecule has 1 aromatic carbocycles. The molecule has 1 aromatic heterocycles. The fourth-order valence-electron chi connectivity index (χ4n) is 3.40. The van der Waals surface area contributed by atoms with E-state index in [1.807, 2.05) is 42.2 Å². The molecule has 1 saturated carbocycles. The molecule has 0 bridgehead atoms. The Morgan fingerprint density at radius 2 is 2.00 bits per heavy atom. The topological polar surface area (TPSA) is 58.6 Å². The summed E-state index contributed by atoms with van der Waals surface area (Å²) in [4.78, 5) is 25.2. The number of amides is 1. The number of carbonyl (C=O) groups excluding carboxylic acids is 1. The predicted octanol–water partition coefficient (Wildman–Crippen LogP) is 3.02. The van der Waals surface area contributed by atoms with Crippen LogP contribution in [0.2, 0.25) is 0 Å². The molecular weight excluding hydrogens is 328 g/mol. The average molecular weight is 352 g/mol. The summed E-state index contributed by atoms with van der Waals surface area (Å²) in [6.45, 7) is 6.42. The van der Waals surface area contributed by atoms with Crippen LogP contribution in [-0.2, 0) is 4.79 Å². The van der Waals surface area contributed by atoms with Crippen LogP contribution in [0.1, 0.15) is 25.3 Å². The molecule has 0 spiro atoms. The Hall–Kier alpha value is -2.63. The van der Waals surface area contributed by atoms with E-state index in [2.05, 4.69) is 21.8 Å². The number of hydrogen-bond donors (Lipinski definition) is 0. The molecule has 1 aliphatic carbocycles. The van der Waals surface area contributed by atoms with E-state index in [9.17, 15) is 4.79 Å². The summed E-state index contributed by atoms with van der Waals surface area (Å²) in [6, 6.07) is 9.93. The maximum atomic E-state index is 12.4. The summed E-state index contributed by atoms with van der Waals surface area (Å²) in [5.41, 5.74) is 1.06. The molecule has 2 aromatic rings. The van der Waals surface area contributed by atoms with Crippen molar-refractivity contribution in [1.82, 2.24) is 14.9 Å².